The summed E-state index contributed by atoms with van der Waals surface area (Å²) < 4.78 is 5.33. The van der Waals surface area contributed by atoms with E-state index in [2.05, 4.69) is 0 Å². The normalized spacial score (nSPS) is 12.1. The van der Waals surface area contributed by atoms with Gasteiger partial charge in [-0.1, -0.05) is 12.1 Å². The highest BCUT2D eigenvalue weighted by atomic mass is 16.5. The predicted octanol–water partition coefficient (Wildman–Crippen LogP) is 0.960. The minimum Gasteiger partial charge on any atom is -0.494 e. The molecule has 1 aromatic rings. The first-order chi connectivity index (χ1) is 7.13. The highest BCUT2D eigenvalue weighted by molar-refractivity contribution is 5.74. The molecule has 0 fully saturated rings. The van der Waals surface area contributed by atoms with Crippen LogP contribution in [0.2, 0.25) is 0 Å². The van der Waals surface area contributed by atoms with Crippen molar-refractivity contribution in [3.63, 3.8) is 0 Å². The van der Waals surface area contributed by atoms with E-state index in [0.717, 1.165) is 11.3 Å². The minimum atomic E-state index is -0.399. The maximum atomic E-state index is 10.7. The molecular formula is C11H16N2O2. The summed E-state index contributed by atoms with van der Waals surface area (Å²) in [5.74, 6) is 0.360. The Balaban J connectivity index is 2.75. The number of carbonyl (C=O) groups is 1. The molecule has 0 aliphatic heterocycles. The monoisotopic (exact) mass is 208 g/mol. The van der Waals surface area contributed by atoms with Gasteiger partial charge in [0.25, 0.3) is 0 Å². The van der Waals surface area contributed by atoms with E-state index in [9.17, 15) is 4.79 Å². The number of benzene rings is 1. The molecule has 0 aliphatic carbocycles. The molecule has 0 bridgehead atoms. The number of amides is 1. The van der Waals surface area contributed by atoms with Crippen LogP contribution in [0.5, 0.6) is 5.75 Å². The Labute approximate surface area is 89.2 Å². The van der Waals surface area contributed by atoms with Crippen molar-refractivity contribution in [3.8, 4) is 5.75 Å². The molecule has 15 heavy (non-hydrogen) atoms. The topological polar surface area (TPSA) is 78.3 Å². The number of ether oxygens (including phenoxy) is 1. The van der Waals surface area contributed by atoms with Gasteiger partial charge in [0.1, 0.15) is 5.75 Å². The van der Waals surface area contributed by atoms with Gasteiger partial charge in [-0.25, -0.2) is 0 Å². The van der Waals surface area contributed by atoms with Gasteiger partial charge in [0.2, 0.25) is 5.91 Å². The molecule has 0 saturated heterocycles. The van der Waals surface area contributed by atoms with E-state index in [1.54, 1.807) is 0 Å². The summed E-state index contributed by atoms with van der Waals surface area (Å²) in [5.41, 5.74) is 11.7. The zero-order chi connectivity index (χ0) is 11.3. The fourth-order valence-electron chi connectivity index (χ4n) is 1.34. The Morgan fingerprint density at radius 3 is 2.87 bits per heavy atom. The highest BCUT2D eigenvalue weighted by Gasteiger charge is 2.09. The Bertz CT molecular complexity index is 339. The quantitative estimate of drug-likeness (QED) is 0.756. The average Bonchev–Trinajstić information content (AvgIpc) is 2.17. The van der Waals surface area contributed by atoms with E-state index >= 15 is 0 Å². The molecule has 4 N–H and O–H groups in total. The fourth-order valence-corrected chi connectivity index (χ4v) is 1.34. The van der Waals surface area contributed by atoms with Crippen molar-refractivity contribution in [2.24, 2.45) is 11.5 Å². The lowest BCUT2D eigenvalue weighted by Gasteiger charge is -2.11. The van der Waals surface area contributed by atoms with Gasteiger partial charge < -0.3 is 16.2 Å². The second-order valence-corrected chi connectivity index (χ2v) is 3.28. The van der Waals surface area contributed by atoms with Crippen LogP contribution >= 0.6 is 0 Å². The summed E-state index contributed by atoms with van der Waals surface area (Å²) in [7, 11) is 0. The Morgan fingerprint density at radius 1 is 1.53 bits per heavy atom. The molecule has 0 aliphatic rings. The maximum Gasteiger partial charge on any atom is 0.219 e. The SMILES string of the molecule is CCOc1cccc(C(N)CC(N)=O)c1. The number of hydrogen-bond donors (Lipinski definition) is 2. The van der Waals surface area contributed by atoms with Crippen LogP contribution < -0.4 is 16.2 Å². The zero-order valence-electron chi connectivity index (χ0n) is 8.77. The molecule has 0 heterocycles. The highest BCUT2D eigenvalue weighted by Crippen LogP contribution is 2.19. The first-order valence-electron chi connectivity index (χ1n) is 4.90. The summed E-state index contributed by atoms with van der Waals surface area (Å²) >= 11 is 0. The van der Waals surface area contributed by atoms with Crippen LogP contribution in [0.1, 0.15) is 24.9 Å². The van der Waals surface area contributed by atoms with E-state index in [1.807, 2.05) is 31.2 Å². The minimum absolute atomic E-state index is 0.148. The lowest BCUT2D eigenvalue weighted by Crippen LogP contribution is -2.20. The number of nitrogens with two attached hydrogens (primary N) is 2. The van der Waals surface area contributed by atoms with E-state index in [4.69, 9.17) is 16.2 Å². The van der Waals surface area contributed by atoms with Crippen molar-refractivity contribution in [3.05, 3.63) is 29.8 Å². The third kappa shape index (κ3) is 3.59. The van der Waals surface area contributed by atoms with Gasteiger partial charge in [-0.15, -0.1) is 0 Å². The number of hydrogen-bond acceptors (Lipinski definition) is 3. The summed E-state index contributed by atoms with van der Waals surface area (Å²) in [6.07, 6.45) is 0.148. The van der Waals surface area contributed by atoms with Crippen molar-refractivity contribution in [2.45, 2.75) is 19.4 Å². The van der Waals surface area contributed by atoms with Crippen LogP contribution in [0, 0.1) is 0 Å². The summed E-state index contributed by atoms with van der Waals surface area (Å²) in [4.78, 5) is 10.7. The summed E-state index contributed by atoms with van der Waals surface area (Å²) in [5, 5.41) is 0. The Kier molecular flexibility index (Phi) is 4.12. The number of primary amides is 1. The smallest absolute Gasteiger partial charge is 0.219 e. The zero-order valence-corrected chi connectivity index (χ0v) is 8.77. The molecule has 82 valence electrons. The van der Waals surface area contributed by atoms with E-state index in [1.165, 1.54) is 0 Å². The summed E-state index contributed by atoms with van der Waals surface area (Å²) in [6, 6.07) is 7.03. The molecule has 0 radical (unpaired) electrons. The molecule has 4 nitrogen and oxygen atoms in total. The average molecular weight is 208 g/mol. The standard InChI is InChI=1S/C11H16N2O2/c1-2-15-9-5-3-4-8(6-9)10(12)7-11(13)14/h3-6,10H,2,7,12H2,1H3,(H2,13,14). The van der Waals surface area contributed by atoms with Crippen molar-refractivity contribution >= 4 is 5.91 Å². The van der Waals surface area contributed by atoms with Crippen LogP contribution in [-0.2, 0) is 4.79 Å². The first kappa shape index (κ1) is 11.5. The second kappa shape index (κ2) is 5.36. The third-order valence-electron chi connectivity index (χ3n) is 2.02. The predicted molar refractivity (Wildman–Crippen MR) is 58.4 cm³/mol. The van der Waals surface area contributed by atoms with E-state index in [-0.39, 0.29) is 12.5 Å². The molecule has 1 rings (SSSR count). The van der Waals surface area contributed by atoms with Gasteiger partial charge >= 0.3 is 0 Å². The number of carbonyl (C=O) groups excluding carboxylic acids is 1. The van der Waals surface area contributed by atoms with Gasteiger partial charge in [0.15, 0.2) is 0 Å². The first-order valence-corrected chi connectivity index (χ1v) is 4.90. The van der Waals surface area contributed by atoms with Crippen molar-refractivity contribution in [1.82, 2.24) is 0 Å². The summed E-state index contributed by atoms with van der Waals surface area (Å²) in [6.45, 7) is 2.52. The van der Waals surface area contributed by atoms with Crippen LogP contribution in [0.3, 0.4) is 0 Å². The van der Waals surface area contributed by atoms with E-state index < -0.39 is 5.91 Å². The fraction of sp³-hybridized carbons (Fsp3) is 0.364. The largest absolute Gasteiger partial charge is 0.494 e. The van der Waals surface area contributed by atoms with Gasteiger partial charge in [-0.3, -0.25) is 4.79 Å². The van der Waals surface area contributed by atoms with E-state index in [0.29, 0.717) is 6.61 Å². The van der Waals surface area contributed by atoms with Crippen molar-refractivity contribution in [2.75, 3.05) is 6.61 Å². The molecule has 0 saturated carbocycles. The molecule has 1 amide bonds. The third-order valence-corrected chi connectivity index (χ3v) is 2.02. The molecule has 1 atom stereocenters. The second-order valence-electron chi connectivity index (χ2n) is 3.28. The molecule has 1 unspecified atom stereocenters. The van der Waals surface area contributed by atoms with Gasteiger partial charge in [0, 0.05) is 12.5 Å². The molecule has 0 aromatic heterocycles. The maximum absolute atomic E-state index is 10.7. The van der Waals surface area contributed by atoms with Crippen LogP contribution in [0.4, 0.5) is 0 Å². The van der Waals surface area contributed by atoms with Crippen LogP contribution in [0.25, 0.3) is 0 Å². The van der Waals surface area contributed by atoms with Gasteiger partial charge in [0.05, 0.1) is 6.61 Å². The molecule has 4 heteroatoms. The molecular weight excluding hydrogens is 192 g/mol. The van der Waals surface area contributed by atoms with Crippen LogP contribution in [-0.4, -0.2) is 12.5 Å². The van der Waals surface area contributed by atoms with Crippen molar-refractivity contribution in [1.29, 1.82) is 0 Å². The van der Waals surface area contributed by atoms with Gasteiger partial charge in [-0.2, -0.15) is 0 Å². The van der Waals surface area contributed by atoms with Crippen molar-refractivity contribution < 1.29 is 9.53 Å². The van der Waals surface area contributed by atoms with Gasteiger partial charge in [-0.05, 0) is 24.6 Å². The lowest BCUT2D eigenvalue weighted by atomic mass is 10.0. The lowest BCUT2D eigenvalue weighted by molar-refractivity contribution is -0.118. The number of rotatable bonds is 5. The Hall–Kier alpha value is -1.55. The molecule has 0 spiro atoms. The van der Waals surface area contributed by atoms with Crippen LogP contribution in [0.15, 0.2) is 24.3 Å². The Morgan fingerprint density at radius 2 is 2.27 bits per heavy atom. The molecule has 1 aromatic carbocycles.